The second kappa shape index (κ2) is 10.2. The first kappa shape index (κ1) is 23.7. The molecule has 0 saturated carbocycles. The summed E-state index contributed by atoms with van der Waals surface area (Å²) in [4.78, 5) is 7.10. The van der Waals surface area contributed by atoms with E-state index in [0.717, 1.165) is 39.4 Å². The minimum atomic E-state index is 0.576. The van der Waals surface area contributed by atoms with Gasteiger partial charge in [0.15, 0.2) is 0 Å². The summed E-state index contributed by atoms with van der Waals surface area (Å²) in [6.45, 7) is 3.24. The van der Waals surface area contributed by atoms with Gasteiger partial charge in [0.05, 0.1) is 43.2 Å². The molecule has 1 N–H and O–H groups in total. The van der Waals surface area contributed by atoms with Crippen molar-refractivity contribution in [3.63, 3.8) is 0 Å². The fraction of sp³-hybridized carbons (Fsp3) is 0.269. The molecule has 0 unspecified atom stereocenters. The molecule has 4 aromatic rings. The number of aromatic nitrogens is 2. The predicted octanol–water partition coefficient (Wildman–Crippen LogP) is 6.08. The third-order valence-corrected chi connectivity index (χ3v) is 6.01. The minimum absolute atomic E-state index is 0.576. The van der Waals surface area contributed by atoms with Crippen LogP contribution in [0.4, 0.5) is 23.0 Å². The summed E-state index contributed by atoms with van der Waals surface area (Å²) >= 11 is 6.22. The highest BCUT2D eigenvalue weighted by atomic mass is 35.5. The van der Waals surface area contributed by atoms with Crippen LogP contribution in [0.15, 0.2) is 54.6 Å². The van der Waals surface area contributed by atoms with Gasteiger partial charge < -0.3 is 29.0 Å². The molecule has 0 radical (unpaired) electrons. The number of anilines is 4. The quantitative estimate of drug-likeness (QED) is 0.313. The lowest BCUT2D eigenvalue weighted by Gasteiger charge is -2.26. The fourth-order valence-corrected chi connectivity index (χ4v) is 4.32. The van der Waals surface area contributed by atoms with Gasteiger partial charge in [-0.25, -0.2) is 4.98 Å². The third-order valence-electron chi connectivity index (χ3n) is 5.79. The van der Waals surface area contributed by atoms with Gasteiger partial charge in [-0.1, -0.05) is 17.7 Å². The lowest BCUT2D eigenvalue weighted by atomic mass is 10.2. The number of ether oxygens (including phenoxy) is 3. The highest BCUT2D eigenvalue weighted by Crippen LogP contribution is 2.37. The molecule has 0 atom stereocenters. The van der Waals surface area contributed by atoms with Gasteiger partial charge >= 0.3 is 0 Å². The molecule has 0 spiro atoms. The maximum absolute atomic E-state index is 6.22. The molecule has 0 aliphatic rings. The Labute approximate surface area is 204 Å². The largest absolute Gasteiger partial charge is 0.497 e. The molecule has 7 nitrogen and oxygen atoms in total. The first-order valence-corrected chi connectivity index (χ1v) is 11.3. The van der Waals surface area contributed by atoms with E-state index < -0.39 is 0 Å². The van der Waals surface area contributed by atoms with Crippen molar-refractivity contribution in [3.8, 4) is 11.5 Å². The SMILES string of the molecule is COCCN(c1ccc(OC)cc1)c1cccc2nc(Nc3c(C)cc(Cl)cc3OC)n(C)c12. The summed E-state index contributed by atoms with van der Waals surface area (Å²) in [5, 5.41) is 4.07. The molecule has 0 aliphatic carbocycles. The molecule has 0 bridgehead atoms. The van der Waals surface area contributed by atoms with Crippen LogP contribution in [0.25, 0.3) is 11.0 Å². The second-order valence-corrected chi connectivity index (χ2v) is 8.34. The Bertz CT molecular complexity index is 1290. The average molecular weight is 481 g/mol. The molecule has 34 heavy (non-hydrogen) atoms. The van der Waals surface area contributed by atoms with Gasteiger partial charge in [-0.3, -0.25) is 0 Å². The van der Waals surface area contributed by atoms with E-state index in [1.807, 2.05) is 56.4 Å². The maximum Gasteiger partial charge on any atom is 0.208 e. The molecule has 0 saturated heterocycles. The Morgan fingerprint density at radius 2 is 1.79 bits per heavy atom. The van der Waals surface area contributed by atoms with Crippen LogP contribution in [-0.2, 0) is 11.8 Å². The van der Waals surface area contributed by atoms with Crippen molar-refractivity contribution in [2.75, 3.05) is 44.7 Å². The van der Waals surface area contributed by atoms with E-state index in [1.54, 1.807) is 27.4 Å². The lowest BCUT2D eigenvalue weighted by Crippen LogP contribution is -2.22. The van der Waals surface area contributed by atoms with Crippen LogP contribution >= 0.6 is 11.6 Å². The number of nitrogens with zero attached hydrogens (tertiary/aromatic N) is 3. The summed E-state index contributed by atoms with van der Waals surface area (Å²) in [5.41, 5.74) is 5.75. The van der Waals surface area contributed by atoms with Gasteiger partial charge in [0, 0.05) is 37.5 Å². The molecule has 1 heterocycles. The van der Waals surface area contributed by atoms with Crippen LogP contribution in [0.5, 0.6) is 11.5 Å². The fourth-order valence-electron chi connectivity index (χ4n) is 4.06. The molecule has 3 aromatic carbocycles. The Morgan fingerprint density at radius 3 is 2.47 bits per heavy atom. The van der Waals surface area contributed by atoms with Gasteiger partial charge in [0.2, 0.25) is 5.95 Å². The van der Waals surface area contributed by atoms with Gasteiger partial charge in [0.1, 0.15) is 11.5 Å². The summed E-state index contributed by atoms with van der Waals surface area (Å²) in [5.74, 6) is 2.18. The number of hydrogen-bond donors (Lipinski definition) is 1. The van der Waals surface area contributed by atoms with E-state index in [0.29, 0.717) is 29.9 Å². The van der Waals surface area contributed by atoms with Gasteiger partial charge in [-0.05, 0) is 55.0 Å². The van der Waals surface area contributed by atoms with E-state index in [4.69, 9.17) is 30.8 Å². The number of rotatable bonds is 9. The zero-order valence-corrected chi connectivity index (χ0v) is 20.8. The summed E-state index contributed by atoms with van der Waals surface area (Å²) in [7, 11) is 7.01. The van der Waals surface area contributed by atoms with Crippen molar-refractivity contribution < 1.29 is 14.2 Å². The standard InChI is InChI=1S/C26H29ClN4O3/c1-17-15-18(27)16-23(34-5)24(17)29-26-28-21-7-6-8-22(25(21)30(26)2)31(13-14-32-3)19-9-11-20(33-4)12-10-19/h6-12,15-16H,13-14H2,1-5H3,(H,28,29). The zero-order chi connectivity index (χ0) is 24.2. The van der Waals surface area contributed by atoms with Gasteiger partial charge in [-0.2, -0.15) is 0 Å². The molecular formula is C26H29ClN4O3. The first-order chi connectivity index (χ1) is 16.5. The molecule has 1 aromatic heterocycles. The monoisotopic (exact) mass is 480 g/mol. The van der Waals surface area contributed by atoms with E-state index in [1.165, 1.54) is 0 Å². The second-order valence-electron chi connectivity index (χ2n) is 7.91. The van der Waals surface area contributed by atoms with Crippen molar-refractivity contribution in [1.82, 2.24) is 9.55 Å². The lowest BCUT2D eigenvalue weighted by molar-refractivity contribution is 0.207. The highest BCUT2D eigenvalue weighted by Gasteiger charge is 2.19. The Hall–Kier alpha value is -3.42. The van der Waals surface area contributed by atoms with Gasteiger partial charge in [0.25, 0.3) is 0 Å². The van der Waals surface area contributed by atoms with E-state index in [9.17, 15) is 0 Å². The Kier molecular flexibility index (Phi) is 7.14. The molecule has 4 rings (SSSR count). The van der Waals surface area contributed by atoms with E-state index in [2.05, 4.69) is 20.9 Å². The van der Waals surface area contributed by atoms with Crippen molar-refractivity contribution in [3.05, 3.63) is 65.2 Å². The van der Waals surface area contributed by atoms with Crippen molar-refractivity contribution in [2.24, 2.45) is 7.05 Å². The predicted molar refractivity (Wildman–Crippen MR) is 139 cm³/mol. The number of para-hydroxylation sites is 1. The van der Waals surface area contributed by atoms with Crippen LogP contribution in [0.3, 0.4) is 0 Å². The van der Waals surface area contributed by atoms with Gasteiger partial charge in [-0.15, -0.1) is 0 Å². The number of benzene rings is 3. The first-order valence-electron chi connectivity index (χ1n) is 10.9. The zero-order valence-electron chi connectivity index (χ0n) is 20.1. The van der Waals surface area contributed by atoms with Crippen LogP contribution in [0, 0.1) is 6.92 Å². The number of aryl methyl sites for hydroxylation is 2. The van der Waals surface area contributed by atoms with Crippen molar-refractivity contribution >= 4 is 45.6 Å². The topological polar surface area (TPSA) is 60.8 Å². The van der Waals surface area contributed by atoms with Crippen LogP contribution < -0.4 is 19.7 Å². The number of fused-ring (bicyclic) bond motifs is 1. The van der Waals surface area contributed by atoms with E-state index in [-0.39, 0.29) is 0 Å². The Morgan fingerprint density at radius 1 is 1.03 bits per heavy atom. The summed E-state index contributed by atoms with van der Waals surface area (Å²) < 4.78 is 18.4. The smallest absolute Gasteiger partial charge is 0.208 e. The molecule has 178 valence electrons. The Balaban J connectivity index is 1.80. The normalized spacial score (nSPS) is 11.0. The molecule has 0 fully saturated rings. The van der Waals surface area contributed by atoms with Crippen LogP contribution in [0.1, 0.15) is 5.56 Å². The molecule has 0 aliphatic heterocycles. The summed E-state index contributed by atoms with van der Waals surface area (Å²) in [6.07, 6.45) is 0. The van der Waals surface area contributed by atoms with E-state index >= 15 is 0 Å². The number of imidazole rings is 1. The highest BCUT2D eigenvalue weighted by molar-refractivity contribution is 6.31. The third kappa shape index (κ3) is 4.62. The maximum atomic E-state index is 6.22. The molecule has 0 amide bonds. The molecular weight excluding hydrogens is 452 g/mol. The minimum Gasteiger partial charge on any atom is -0.497 e. The van der Waals surface area contributed by atoms with Crippen LogP contribution in [0.2, 0.25) is 5.02 Å². The summed E-state index contributed by atoms with van der Waals surface area (Å²) in [6, 6.07) is 17.8. The number of methoxy groups -OCH3 is 3. The number of hydrogen-bond acceptors (Lipinski definition) is 6. The number of nitrogens with one attached hydrogen (secondary N) is 1. The van der Waals surface area contributed by atoms with Crippen molar-refractivity contribution in [1.29, 1.82) is 0 Å². The number of halogens is 1. The average Bonchev–Trinajstić information content (AvgIpc) is 3.17. The van der Waals surface area contributed by atoms with Crippen LogP contribution in [-0.4, -0.2) is 44.0 Å². The van der Waals surface area contributed by atoms with Crippen molar-refractivity contribution in [2.45, 2.75) is 6.92 Å². The molecule has 8 heteroatoms.